The Morgan fingerprint density at radius 1 is 0.765 bits per heavy atom. The van der Waals surface area contributed by atoms with Crippen molar-refractivity contribution in [2.75, 3.05) is 33.4 Å². The molecule has 0 unspecified atom stereocenters. The van der Waals surface area contributed by atoms with Crippen molar-refractivity contribution >= 4 is 10.9 Å². The summed E-state index contributed by atoms with van der Waals surface area (Å²) in [5.74, 6) is 1.02. The number of likely N-dealkylation sites (N-methyl/N-ethyl adjacent to an activating group) is 1. The minimum absolute atomic E-state index is 0.0188. The lowest BCUT2D eigenvalue weighted by molar-refractivity contribution is -0.392. The van der Waals surface area contributed by atoms with Crippen molar-refractivity contribution in [2.24, 2.45) is 0 Å². The summed E-state index contributed by atoms with van der Waals surface area (Å²) < 4.78 is 105. The molecule has 0 saturated heterocycles. The Morgan fingerprint density at radius 3 is 1.98 bits per heavy atom. The third-order valence-corrected chi connectivity index (χ3v) is 8.63. The molecule has 0 bridgehead atoms. The minimum atomic E-state index is -5.90. The summed E-state index contributed by atoms with van der Waals surface area (Å²) in [6, 6.07) is 22.8. The highest BCUT2D eigenvalue weighted by Crippen LogP contribution is 2.53. The summed E-state index contributed by atoms with van der Waals surface area (Å²) in [4.78, 5) is 21.0. The van der Waals surface area contributed by atoms with Crippen LogP contribution in [-0.2, 0) is 23.4 Å². The molecule has 51 heavy (non-hydrogen) atoms. The molecule has 5 aromatic rings. The SMILES string of the molecule is CCN(CC)CCOc1ccc2nc(Cc3ccccc3)n(-c3ccc(C(OCc4ccc(OC)cc4)(C(F)(F)F)C(F)(F)F)cc3)c(=O)c2c1. The van der Waals surface area contributed by atoms with Gasteiger partial charge in [0.15, 0.2) is 0 Å². The Kier molecular flexibility index (Phi) is 11.4. The maximum absolute atomic E-state index is 14.6. The zero-order valence-corrected chi connectivity index (χ0v) is 28.2. The third-order valence-electron chi connectivity index (χ3n) is 8.63. The van der Waals surface area contributed by atoms with E-state index in [2.05, 4.69) is 4.90 Å². The van der Waals surface area contributed by atoms with Gasteiger partial charge in [0.1, 0.15) is 23.9 Å². The van der Waals surface area contributed by atoms with Crippen molar-refractivity contribution in [3.8, 4) is 17.2 Å². The predicted molar refractivity (Wildman–Crippen MR) is 181 cm³/mol. The largest absolute Gasteiger partial charge is 0.497 e. The molecule has 0 fully saturated rings. The van der Waals surface area contributed by atoms with Crippen LogP contribution in [0.5, 0.6) is 11.5 Å². The number of benzene rings is 4. The van der Waals surface area contributed by atoms with Crippen LogP contribution in [0.4, 0.5) is 26.3 Å². The fourth-order valence-electron chi connectivity index (χ4n) is 5.79. The highest BCUT2D eigenvalue weighted by atomic mass is 19.4. The van der Waals surface area contributed by atoms with Gasteiger partial charge in [0.05, 0.1) is 30.3 Å². The maximum atomic E-state index is 14.6. The number of nitrogens with zero attached hydrogens (tertiary/aromatic N) is 3. The molecule has 0 atom stereocenters. The van der Waals surface area contributed by atoms with Gasteiger partial charge in [-0.05, 0) is 66.7 Å². The van der Waals surface area contributed by atoms with Gasteiger partial charge in [-0.3, -0.25) is 9.36 Å². The monoisotopic (exact) mass is 713 g/mol. The van der Waals surface area contributed by atoms with E-state index in [1.54, 1.807) is 24.3 Å². The van der Waals surface area contributed by atoms with E-state index in [4.69, 9.17) is 19.2 Å². The van der Waals surface area contributed by atoms with Gasteiger partial charge in [-0.15, -0.1) is 0 Å². The number of hydrogen-bond donors (Lipinski definition) is 0. The number of fused-ring (bicyclic) bond motifs is 1. The first-order chi connectivity index (χ1) is 24.3. The van der Waals surface area contributed by atoms with Crippen LogP contribution in [0, 0.1) is 0 Å². The first-order valence-electron chi connectivity index (χ1n) is 16.3. The second kappa shape index (κ2) is 15.6. The molecule has 4 aromatic carbocycles. The van der Waals surface area contributed by atoms with E-state index in [1.807, 2.05) is 32.0 Å². The molecule has 13 heteroatoms. The fraction of sp³-hybridized carbons (Fsp3) is 0.316. The molecule has 0 spiro atoms. The number of methoxy groups -OCH3 is 1. The Balaban J connectivity index is 1.58. The smallest absolute Gasteiger partial charge is 0.430 e. The fourth-order valence-corrected chi connectivity index (χ4v) is 5.79. The summed E-state index contributed by atoms with van der Waals surface area (Å²) in [7, 11) is 1.38. The Morgan fingerprint density at radius 2 is 1.39 bits per heavy atom. The summed E-state index contributed by atoms with van der Waals surface area (Å²) in [6.45, 7) is 5.79. The van der Waals surface area contributed by atoms with Gasteiger partial charge < -0.3 is 19.1 Å². The second-order valence-corrected chi connectivity index (χ2v) is 11.7. The molecule has 5 rings (SSSR count). The van der Waals surface area contributed by atoms with Crippen LogP contribution in [0.25, 0.3) is 16.6 Å². The molecule has 0 aliphatic rings. The number of rotatable bonds is 14. The van der Waals surface area contributed by atoms with E-state index in [1.165, 1.54) is 42.0 Å². The summed E-state index contributed by atoms with van der Waals surface area (Å²) in [5, 5.41) is 0.166. The molecule has 0 amide bonds. The van der Waals surface area contributed by atoms with Gasteiger partial charge in [-0.25, -0.2) is 4.98 Å². The van der Waals surface area contributed by atoms with Gasteiger partial charge in [-0.2, -0.15) is 26.3 Å². The van der Waals surface area contributed by atoms with Crippen molar-refractivity contribution in [1.82, 2.24) is 14.5 Å². The molecule has 7 nitrogen and oxygen atoms in total. The molecule has 0 saturated carbocycles. The van der Waals surface area contributed by atoms with Gasteiger partial charge >= 0.3 is 12.4 Å². The summed E-state index contributed by atoms with van der Waals surface area (Å²) >= 11 is 0. The first kappa shape index (κ1) is 37.4. The summed E-state index contributed by atoms with van der Waals surface area (Å²) in [5.41, 5.74) is -5.21. The zero-order chi connectivity index (χ0) is 36.8. The molecule has 1 heterocycles. The molecule has 0 radical (unpaired) electrons. The summed E-state index contributed by atoms with van der Waals surface area (Å²) in [6.07, 6.45) is -11.7. The van der Waals surface area contributed by atoms with Crippen molar-refractivity contribution in [2.45, 2.75) is 44.8 Å². The molecule has 0 N–H and O–H groups in total. The number of halogens is 6. The lowest BCUT2D eigenvalue weighted by atomic mass is 9.91. The van der Waals surface area contributed by atoms with Crippen LogP contribution in [0.2, 0.25) is 0 Å². The van der Waals surface area contributed by atoms with E-state index in [9.17, 15) is 31.1 Å². The van der Waals surface area contributed by atoms with Crippen LogP contribution in [0.15, 0.2) is 102 Å². The van der Waals surface area contributed by atoms with Crippen LogP contribution in [-0.4, -0.2) is 60.2 Å². The molecular weight excluding hydrogens is 676 g/mol. The predicted octanol–water partition coefficient (Wildman–Crippen LogP) is 8.24. The van der Waals surface area contributed by atoms with E-state index in [0.29, 0.717) is 42.3 Å². The van der Waals surface area contributed by atoms with Crippen LogP contribution >= 0.6 is 0 Å². The maximum Gasteiger partial charge on any atom is 0.430 e. The van der Waals surface area contributed by atoms with E-state index in [0.717, 1.165) is 30.8 Å². The highest BCUT2D eigenvalue weighted by molar-refractivity contribution is 5.79. The second-order valence-electron chi connectivity index (χ2n) is 11.7. The normalized spacial score (nSPS) is 12.4. The minimum Gasteiger partial charge on any atom is -0.497 e. The van der Waals surface area contributed by atoms with E-state index in [-0.39, 0.29) is 28.9 Å². The standard InChI is InChI=1S/C38H37F6N3O4/c1-4-46(5-2)21-22-50-31-19-20-33-32(24-31)35(48)47(34(45-33)23-26-9-7-6-8-10-26)29-15-13-28(14-16-29)36(37(39,40)41,38(42,43)44)51-25-27-11-17-30(49-3)18-12-27/h6-20,24H,4-5,21-23,25H2,1-3H3. The number of hydrogen-bond acceptors (Lipinski definition) is 6. The molecular formula is C38H37F6N3O4. The number of alkyl halides is 6. The average Bonchev–Trinajstić information content (AvgIpc) is 3.10. The molecule has 0 aliphatic heterocycles. The Labute approximate surface area is 291 Å². The van der Waals surface area contributed by atoms with Gasteiger partial charge in [0.25, 0.3) is 11.2 Å². The first-order valence-corrected chi connectivity index (χ1v) is 16.3. The Hall–Kier alpha value is -4.88. The van der Waals surface area contributed by atoms with Crippen molar-refractivity contribution < 1.29 is 40.6 Å². The van der Waals surface area contributed by atoms with Crippen LogP contribution in [0.1, 0.15) is 36.4 Å². The van der Waals surface area contributed by atoms with Crippen molar-refractivity contribution in [1.29, 1.82) is 0 Å². The Bertz CT molecular complexity index is 1940. The van der Waals surface area contributed by atoms with E-state index < -0.39 is 35.7 Å². The van der Waals surface area contributed by atoms with Crippen LogP contribution < -0.4 is 15.0 Å². The average molecular weight is 714 g/mol. The molecule has 270 valence electrons. The lowest BCUT2D eigenvalue weighted by Crippen LogP contribution is -2.55. The highest BCUT2D eigenvalue weighted by Gasteiger charge is 2.73. The molecule has 0 aliphatic carbocycles. The molecule has 1 aromatic heterocycles. The van der Waals surface area contributed by atoms with Crippen LogP contribution in [0.3, 0.4) is 0 Å². The third kappa shape index (κ3) is 8.04. The van der Waals surface area contributed by atoms with Gasteiger partial charge in [-0.1, -0.05) is 68.4 Å². The quantitative estimate of drug-likeness (QED) is 0.108. The van der Waals surface area contributed by atoms with Crippen molar-refractivity contribution in [3.63, 3.8) is 0 Å². The lowest BCUT2D eigenvalue weighted by Gasteiger charge is -2.37. The van der Waals surface area contributed by atoms with E-state index >= 15 is 0 Å². The van der Waals surface area contributed by atoms with Gasteiger partial charge in [0, 0.05) is 18.5 Å². The number of aromatic nitrogens is 2. The van der Waals surface area contributed by atoms with Crippen molar-refractivity contribution in [3.05, 3.63) is 130 Å². The van der Waals surface area contributed by atoms with Gasteiger partial charge in [0.2, 0.25) is 0 Å². The number of ether oxygens (including phenoxy) is 3. The topological polar surface area (TPSA) is 65.8 Å². The zero-order valence-electron chi connectivity index (χ0n) is 28.2.